The Labute approximate surface area is 130 Å². The lowest BCUT2D eigenvalue weighted by Gasteiger charge is -2.10. The van der Waals surface area contributed by atoms with Crippen molar-refractivity contribution in [3.05, 3.63) is 29.8 Å². The third-order valence-electron chi connectivity index (χ3n) is 3.06. The standard InChI is InChI=1S/C14H21NO4S2/c1-11(20-3)8-9-15-21(17,18)13-6-4-12(5-7-13)10-14(16)19-2/h4-7,11,15H,8-10H2,1-3H3. The van der Waals surface area contributed by atoms with Crippen LogP contribution in [-0.4, -0.2) is 39.5 Å². The van der Waals surface area contributed by atoms with Crippen molar-refractivity contribution in [2.75, 3.05) is 19.9 Å². The molecular formula is C14H21NO4S2. The van der Waals surface area contributed by atoms with Crippen molar-refractivity contribution in [2.24, 2.45) is 0 Å². The molecule has 0 amide bonds. The topological polar surface area (TPSA) is 72.5 Å². The number of hydrogen-bond donors (Lipinski definition) is 1. The van der Waals surface area contributed by atoms with Gasteiger partial charge in [0, 0.05) is 11.8 Å². The Hall–Kier alpha value is -1.05. The van der Waals surface area contributed by atoms with Crippen molar-refractivity contribution in [3.8, 4) is 0 Å². The van der Waals surface area contributed by atoms with Gasteiger partial charge in [0.05, 0.1) is 18.4 Å². The average Bonchev–Trinajstić information content (AvgIpc) is 2.47. The largest absolute Gasteiger partial charge is 0.469 e. The molecule has 1 N–H and O–H groups in total. The summed E-state index contributed by atoms with van der Waals surface area (Å²) in [6, 6.07) is 6.24. The zero-order valence-electron chi connectivity index (χ0n) is 12.5. The molecule has 0 spiro atoms. The third-order valence-corrected chi connectivity index (χ3v) is 5.57. The van der Waals surface area contributed by atoms with Crippen LogP contribution >= 0.6 is 11.8 Å². The van der Waals surface area contributed by atoms with Gasteiger partial charge >= 0.3 is 5.97 Å². The smallest absolute Gasteiger partial charge is 0.309 e. The number of carbonyl (C=O) groups excluding carboxylic acids is 1. The zero-order chi connectivity index (χ0) is 15.9. The SMILES string of the molecule is COC(=O)Cc1ccc(S(=O)(=O)NCCC(C)SC)cc1. The maximum absolute atomic E-state index is 12.1. The first kappa shape index (κ1) is 18.0. The van der Waals surface area contributed by atoms with E-state index in [1.807, 2.05) is 6.26 Å². The van der Waals surface area contributed by atoms with Gasteiger partial charge in [-0.3, -0.25) is 4.79 Å². The minimum Gasteiger partial charge on any atom is -0.469 e. The molecule has 0 fully saturated rings. The highest BCUT2D eigenvalue weighted by atomic mass is 32.2. The second-order valence-electron chi connectivity index (χ2n) is 4.63. The first-order valence-corrected chi connectivity index (χ1v) is 9.34. The van der Waals surface area contributed by atoms with E-state index in [0.717, 1.165) is 12.0 Å². The molecular weight excluding hydrogens is 310 g/mol. The number of ether oxygens (including phenoxy) is 1. The number of nitrogens with one attached hydrogen (secondary N) is 1. The lowest BCUT2D eigenvalue weighted by atomic mass is 10.2. The molecule has 0 bridgehead atoms. The van der Waals surface area contributed by atoms with Gasteiger partial charge in [0.1, 0.15) is 0 Å². The van der Waals surface area contributed by atoms with Crippen LogP contribution in [0.5, 0.6) is 0 Å². The molecule has 0 saturated carbocycles. The highest BCUT2D eigenvalue weighted by molar-refractivity contribution is 7.99. The van der Waals surface area contributed by atoms with Crippen molar-refractivity contribution in [1.29, 1.82) is 0 Å². The fraction of sp³-hybridized carbons (Fsp3) is 0.500. The Balaban J connectivity index is 2.65. The van der Waals surface area contributed by atoms with Crippen LogP contribution in [0, 0.1) is 0 Å². The van der Waals surface area contributed by atoms with E-state index in [2.05, 4.69) is 16.4 Å². The summed E-state index contributed by atoms with van der Waals surface area (Å²) in [6.45, 7) is 2.47. The molecule has 0 aliphatic heterocycles. The van der Waals surface area contributed by atoms with E-state index in [1.165, 1.54) is 19.2 Å². The average molecular weight is 331 g/mol. The minimum absolute atomic E-state index is 0.134. The number of carbonyl (C=O) groups is 1. The highest BCUT2D eigenvalue weighted by Crippen LogP contribution is 2.13. The van der Waals surface area contributed by atoms with Crippen LogP contribution < -0.4 is 4.72 Å². The Bertz CT molecular complexity index is 555. The number of methoxy groups -OCH3 is 1. The molecule has 1 unspecified atom stereocenters. The van der Waals surface area contributed by atoms with E-state index < -0.39 is 10.0 Å². The van der Waals surface area contributed by atoms with E-state index in [9.17, 15) is 13.2 Å². The van der Waals surface area contributed by atoms with Gasteiger partial charge in [0.25, 0.3) is 0 Å². The van der Waals surface area contributed by atoms with Crippen LogP contribution in [0.25, 0.3) is 0 Å². The molecule has 118 valence electrons. The summed E-state index contributed by atoms with van der Waals surface area (Å²) in [5, 5.41) is 0.412. The van der Waals surface area contributed by atoms with Crippen molar-refractivity contribution in [3.63, 3.8) is 0 Å². The lowest BCUT2D eigenvalue weighted by Crippen LogP contribution is -2.26. The van der Waals surface area contributed by atoms with E-state index in [-0.39, 0.29) is 17.3 Å². The Morgan fingerprint density at radius 2 is 1.95 bits per heavy atom. The van der Waals surface area contributed by atoms with Crippen LogP contribution in [0.2, 0.25) is 0 Å². The summed E-state index contributed by atoms with van der Waals surface area (Å²) in [5.74, 6) is -0.352. The number of hydrogen-bond acceptors (Lipinski definition) is 5. The fourth-order valence-electron chi connectivity index (χ4n) is 1.62. The van der Waals surface area contributed by atoms with Crippen LogP contribution in [0.15, 0.2) is 29.2 Å². The normalized spacial score (nSPS) is 12.9. The van der Waals surface area contributed by atoms with Gasteiger partial charge in [-0.15, -0.1) is 0 Å². The van der Waals surface area contributed by atoms with Gasteiger partial charge < -0.3 is 4.74 Å². The molecule has 1 rings (SSSR count). The minimum atomic E-state index is -3.49. The van der Waals surface area contributed by atoms with Gasteiger partial charge in [-0.25, -0.2) is 13.1 Å². The number of benzene rings is 1. The molecule has 0 radical (unpaired) electrons. The number of thioether (sulfide) groups is 1. The molecule has 1 aromatic carbocycles. The molecule has 0 aromatic heterocycles. The second kappa shape index (κ2) is 8.41. The van der Waals surface area contributed by atoms with Gasteiger partial charge in [-0.05, 0) is 30.4 Å². The summed E-state index contributed by atoms with van der Waals surface area (Å²) in [6.07, 6.45) is 2.91. The van der Waals surface area contributed by atoms with Gasteiger partial charge in [-0.1, -0.05) is 19.1 Å². The summed E-state index contributed by atoms with van der Waals surface area (Å²) in [4.78, 5) is 11.3. The van der Waals surface area contributed by atoms with Crippen molar-refractivity contribution in [2.45, 2.75) is 29.9 Å². The Morgan fingerprint density at radius 3 is 2.48 bits per heavy atom. The maximum Gasteiger partial charge on any atom is 0.309 e. The van der Waals surface area contributed by atoms with E-state index in [1.54, 1.807) is 23.9 Å². The molecule has 1 aromatic rings. The molecule has 21 heavy (non-hydrogen) atoms. The molecule has 0 heterocycles. The van der Waals surface area contributed by atoms with Gasteiger partial charge in [-0.2, -0.15) is 11.8 Å². The van der Waals surface area contributed by atoms with Crippen molar-refractivity contribution in [1.82, 2.24) is 4.72 Å². The van der Waals surface area contributed by atoms with Crippen LogP contribution in [0.1, 0.15) is 18.9 Å². The van der Waals surface area contributed by atoms with E-state index in [0.29, 0.717) is 11.8 Å². The van der Waals surface area contributed by atoms with Crippen LogP contribution in [0.3, 0.4) is 0 Å². The lowest BCUT2D eigenvalue weighted by molar-refractivity contribution is -0.139. The van der Waals surface area contributed by atoms with Crippen LogP contribution in [0.4, 0.5) is 0 Å². The maximum atomic E-state index is 12.1. The summed E-state index contributed by atoms with van der Waals surface area (Å²) < 4.78 is 31.3. The second-order valence-corrected chi connectivity index (χ2v) is 7.67. The molecule has 0 saturated heterocycles. The number of esters is 1. The van der Waals surface area contributed by atoms with E-state index >= 15 is 0 Å². The fourth-order valence-corrected chi connectivity index (χ4v) is 3.02. The zero-order valence-corrected chi connectivity index (χ0v) is 14.1. The van der Waals surface area contributed by atoms with Gasteiger partial charge in [0.15, 0.2) is 0 Å². The van der Waals surface area contributed by atoms with Crippen LogP contribution in [-0.2, 0) is 26.0 Å². The summed E-state index contributed by atoms with van der Waals surface area (Å²) in [7, 11) is -2.17. The monoisotopic (exact) mass is 331 g/mol. The van der Waals surface area contributed by atoms with E-state index in [4.69, 9.17) is 0 Å². The van der Waals surface area contributed by atoms with Crippen molar-refractivity contribution < 1.29 is 17.9 Å². The Morgan fingerprint density at radius 1 is 1.33 bits per heavy atom. The summed E-state index contributed by atoms with van der Waals surface area (Å²) in [5.41, 5.74) is 0.719. The predicted octanol–water partition coefficient (Wildman–Crippen LogP) is 1.82. The highest BCUT2D eigenvalue weighted by Gasteiger charge is 2.14. The molecule has 7 heteroatoms. The van der Waals surface area contributed by atoms with Crippen molar-refractivity contribution >= 4 is 27.8 Å². The first-order valence-electron chi connectivity index (χ1n) is 6.57. The van der Waals surface area contributed by atoms with Gasteiger partial charge in [0.2, 0.25) is 10.0 Å². The number of rotatable bonds is 8. The third kappa shape index (κ3) is 6.07. The molecule has 5 nitrogen and oxygen atoms in total. The Kier molecular flexibility index (Phi) is 7.21. The quantitative estimate of drug-likeness (QED) is 0.736. The molecule has 0 aliphatic rings. The summed E-state index contributed by atoms with van der Waals surface area (Å²) >= 11 is 1.70. The molecule has 1 atom stereocenters. The first-order chi connectivity index (χ1) is 9.89. The predicted molar refractivity (Wildman–Crippen MR) is 84.9 cm³/mol. The molecule has 0 aliphatic carbocycles. The number of sulfonamides is 1.